The number of carbonyl (C=O) groups is 1. The van der Waals surface area contributed by atoms with Crippen molar-refractivity contribution in [1.29, 1.82) is 0 Å². The van der Waals surface area contributed by atoms with Crippen LogP contribution in [0.5, 0.6) is 0 Å². The van der Waals surface area contributed by atoms with Gasteiger partial charge >= 0.3 is 5.97 Å². The van der Waals surface area contributed by atoms with Gasteiger partial charge in [0.05, 0.1) is 14.2 Å². The van der Waals surface area contributed by atoms with Crippen LogP contribution >= 0.6 is 0 Å². The van der Waals surface area contributed by atoms with Crippen molar-refractivity contribution in [2.45, 2.75) is 19.8 Å². The van der Waals surface area contributed by atoms with E-state index < -0.39 is 5.41 Å². The zero-order valence-corrected chi connectivity index (χ0v) is 8.87. The van der Waals surface area contributed by atoms with Gasteiger partial charge in [-0.05, 0) is 18.9 Å². The Morgan fingerprint density at radius 2 is 2.29 bits per heavy atom. The van der Waals surface area contributed by atoms with Gasteiger partial charge in [-0.15, -0.1) is 0 Å². The minimum Gasteiger partial charge on any atom is -0.500 e. The lowest BCUT2D eigenvalue weighted by Crippen LogP contribution is -2.33. The van der Waals surface area contributed by atoms with Crippen LogP contribution in [0.3, 0.4) is 0 Å². The van der Waals surface area contributed by atoms with E-state index in [0.717, 1.165) is 6.42 Å². The Hall–Kier alpha value is -1.25. The Morgan fingerprint density at radius 1 is 1.57 bits per heavy atom. The third kappa shape index (κ3) is 1.54. The summed E-state index contributed by atoms with van der Waals surface area (Å²) >= 11 is 0. The third-order valence-electron chi connectivity index (χ3n) is 2.61. The van der Waals surface area contributed by atoms with Crippen molar-refractivity contribution in [3.8, 4) is 0 Å². The molecule has 1 aliphatic rings. The van der Waals surface area contributed by atoms with Gasteiger partial charge in [-0.25, -0.2) is 0 Å². The summed E-state index contributed by atoms with van der Waals surface area (Å²) in [6.45, 7) is 1.94. The van der Waals surface area contributed by atoms with Crippen molar-refractivity contribution in [1.82, 2.24) is 0 Å². The molecule has 14 heavy (non-hydrogen) atoms. The molecule has 0 aromatic carbocycles. The van der Waals surface area contributed by atoms with Crippen molar-refractivity contribution < 1.29 is 14.3 Å². The molecule has 0 spiro atoms. The van der Waals surface area contributed by atoms with Crippen LogP contribution in [0, 0.1) is 5.41 Å². The Labute approximate surface area is 84.4 Å². The molecule has 0 bridgehead atoms. The third-order valence-corrected chi connectivity index (χ3v) is 2.61. The van der Waals surface area contributed by atoms with E-state index in [0.29, 0.717) is 12.2 Å². The van der Waals surface area contributed by atoms with Crippen LogP contribution in [-0.4, -0.2) is 20.2 Å². The van der Waals surface area contributed by atoms with Gasteiger partial charge < -0.3 is 9.47 Å². The minimum atomic E-state index is -0.707. The number of carbonyl (C=O) groups excluding carboxylic acids is 1. The lowest BCUT2D eigenvalue weighted by molar-refractivity contribution is -0.149. The van der Waals surface area contributed by atoms with Gasteiger partial charge in [-0.2, -0.15) is 0 Å². The number of methoxy groups -OCH3 is 2. The Balaban J connectivity index is 3.07. The average Bonchev–Trinajstić information content (AvgIpc) is 2.27. The molecule has 0 heterocycles. The average molecular weight is 196 g/mol. The van der Waals surface area contributed by atoms with Gasteiger partial charge in [-0.3, -0.25) is 4.79 Å². The van der Waals surface area contributed by atoms with E-state index in [2.05, 4.69) is 0 Å². The van der Waals surface area contributed by atoms with Crippen molar-refractivity contribution >= 4 is 5.97 Å². The highest BCUT2D eigenvalue weighted by Crippen LogP contribution is 2.37. The first-order valence-electron chi connectivity index (χ1n) is 4.72. The predicted molar refractivity (Wildman–Crippen MR) is 53.6 cm³/mol. The molecule has 3 nitrogen and oxygen atoms in total. The molecular weight excluding hydrogens is 180 g/mol. The summed E-state index contributed by atoms with van der Waals surface area (Å²) in [7, 11) is 2.98. The number of hydrogen-bond donors (Lipinski definition) is 0. The van der Waals surface area contributed by atoms with Gasteiger partial charge in [0.1, 0.15) is 11.2 Å². The fraction of sp³-hybridized carbons (Fsp3) is 0.545. The molecule has 3 heteroatoms. The first-order chi connectivity index (χ1) is 6.71. The summed E-state index contributed by atoms with van der Waals surface area (Å²) < 4.78 is 10.0. The quantitative estimate of drug-likeness (QED) is 0.512. The summed E-state index contributed by atoms with van der Waals surface area (Å²) in [5, 5.41) is 0. The Bertz CT molecular complexity index is 278. The molecule has 0 aromatic rings. The molecule has 1 aliphatic carbocycles. The van der Waals surface area contributed by atoms with E-state index >= 15 is 0 Å². The molecule has 0 aliphatic heterocycles. The molecule has 0 saturated heterocycles. The molecule has 0 radical (unpaired) electrons. The first kappa shape index (κ1) is 10.8. The summed E-state index contributed by atoms with van der Waals surface area (Å²) in [5.74, 6) is 0.429. The maximum Gasteiger partial charge on any atom is 0.323 e. The van der Waals surface area contributed by atoms with E-state index in [1.54, 1.807) is 7.11 Å². The van der Waals surface area contributed by atoms with Crippen LogP contribution in [0.25, 0.3) is 0 Å². The summed E-state index contributed by atoms with van der Waals surface area (Å²) in [6, 6.07) is 0. The maximum absolute atomic E-state index is 11.7. The summed E-state index contributed by atoms with van der Waals surface area (Å²) in [5.41, 5.74) is -0.707. The molecule has 78 valence electrons. The number of hydrogen-bond acceptors (Lipinski definition) is 3. The highest BCUT2D eigenvalue weighted by atomic mass is 16.5. The lowest BCUT2D eigenvalue weighted by atomic mass is 9.79. The second kappa shape index (κ2) is 4.31. The summed E-state index contributed by atoms with van der Waals surface area (Å²) in [4.78, 5) is 11.7. The SMILES string of the molecule is CCC1(C(=O)OC)C=CCC=C1OC. The zero-order valence-electron chi connectivity index (χ0n) is 8.87. The van der Waals surface area contributed by atoms with E-state index in [1.807, 2.05) is 25.2 Å². The van der Waals surface area contributed by atoms with Crippen LogP contribution in [-0.2, 0) is 14.3 Å². The van der Waals surface area contributed by atoms with Crippen LogP contribution < -0.4 is 0 Å². The molecule has 0 saturated carbocycles. The van der Waals surface area contributed by atoms with Crippen LogP contribution in [0.4, 0.5) is 0 Å². The van der Waals surface area contributed by atoms with Crippen LogP contribution in [0.2, 0.25) is 0 Å². The van der Waals surface area contributed by atoms with Crippen LogP contribution in [0.1, 0.15) is 19.8 Å². The van der Waals surface area contributed by atoms with Gasteiger partial charge in [0.25, 0.3) is 0 Å². The minimum absolute atomic E-state index is 0.260. The molecule has 0 fully saturated rings. The predicted octanol–water partition coefficient (Wildman–Crippen LogP) is 2.05. The second-order valence-corrected chi connectivity index (χ2v) is 3.23. The Morgan fingerprint density at radius 3 is 2.79 bits per heavy atom. The maximum atomic E-state index is 11.7. The number of esters is 1. The molecule has 0 aromatic heterocycles. The van der Waals surface area contributed by atoms with Crippen molar-refractivity contribution in [3.05, 3.63) is 24.0 Å². The van der Waals surface area contributed by atoms with Gasteiger partial charge in [0.15, 0.2) is 0 Å². The largest absolute Gasteiger partial charge is 0.500 e. The molecule has 1 unspecified atom stereocenters. The van der Waals surface area contributed by atoms with Gasteiger partial charge in [-0.1, -0.05) is 19.1 Å². The number of ether oxygens (including phenoxy) is 2. The fourth-order valence-corrected chi connectivity index (χ4v) is 1.76. The topological polar surface area (TPSA) is 35.5 Å². The first-order valence-corrected chi connectivity index (χ1v) is 4.72. The van der Waals surface area contributed by atoms with Crippen molar-refractivity contribution in [3.63, 3.8) is 0 Å². The van der Waals surface area contributed by atoms with E-state index in [-0.39, 0.29) is 5.97 Å². The van der Waals surface area contributed by atoms with E-state index in [9.17, 15) is 4.79 Å². The van der Waals surface area contributed by atoms with Crippen LogP contribution in [0.15, 0.2) is 24.0 Å². The van der Waals surface area contributed by atoms with Crippen molar-refractivity contribution in [2.24, 2.45) is 5.41 Å². The number of rotatable bonds is 3. The van der Waals surface area contributed by atoms with Gasteiger partial charge in [0, 0.05) is 0 Å². The molecule has 0 N–H and O–H groups in total. The van der Waals surface area contributed by atoms with E-state index in [1.165, 1.54) is 7.11 Å². The van der Waals surface area contributed by atoms with Crippen molar-refractivity contribution in [2.75, 3.05) is 14.2 Å². The second-order valence-electron chi connectivity index (χ2n) is 3.23. The smallest absolute Gasteiger partial charge is 0.323 e. The molecule has 1 rings (SSSR count). The van der Waals surface area contributed by atoms with E-state index in [4.69, 9.17) is 9.47 Å². The number of allylic oxidation sites excluding steroid dienone is 2. The highest BCUT2D eigenvalue weighted by Gasteiger charge is 2.41. The molecular formula is C11H16O3. The summed E-state index contributed by atoms with van der Waals surface area (Å²) in [6.07, 6.45) is 7.21. The standard InChI is InChI=1S/C11H16O3/c1-4-11(10(12)14-3)8-6-5-7-9(11)13-2/h6-8H,4-5H2,1-3H3. The lowest BCUT2D eigenvalue weighted by Gasteiger charge is -2.30. The Kier molecular flexibility index (Phi) is 3.33. The molecule has 0 amide bonds. The fourth-order valence-electron chi connectivity index (χ4n) is 1.76. The molecule has 1 atom stereocenters. The normalized spacial score (nSPS) is 25.5. The van der Waals surface area contributed by atoms with Gasteiger partial charge in [0.2, 0.25) is 0 Å². The monoisotopic (exact) mass is 196 g/mol. The zero-order chi connectivity index (χ0) is 10.6. The highest BCUT2D eigenvalue weighted by molar-refractivity contribution is 5.82.